The van der Waals surface area contributed by atoms with Crippen LogP contribution >= 0.6 is 22.7 Å². The first-order valence-electron chi connectivity index (χ1n) is 21.7. The van der Waals surface area contributed by atoms with Crippen molar-refractivity contribution in [1.82, 2.24) is 4.98 Å². The van der Waals surface area contributed by atoms with Crippen molar-refractivity contribution >= 4 is 119 Å². The van der Waals surface area contributed by atoms with Crippen molar-refractivity contribution in [3.8, 4) is 22.3 Å². The third-order valence-corrected chi connectivity index (χ3v) is 14.9. The largest absolute Gasteiger partial charge is 0.456 e. The van der Waals surface area contributed by atoms with Crippen LogP contribution in [0.2, 0.25) is 0 Å². The topological polar surface area (TPSA) is 32.5 Å². The van der Waals surface area contributed by atoms with E-state index in [1.807, 2.05) is 47.2 Å². The summed E-state index contributed by atoms with van der Waals surface area (Å²) in [4.78, 5) is 9.05. The average Bonchev–Trinajstić information content (AvgIpc) is 4.06. The zero-order chi connectivity index (χ0) is 42.8. The van der Waals surface area contributed by atoms with Crippen LogP contribution in [0.5, 0.6) is 0 Å². The summed E-state index contributed by atoms with van der Waals surface area (Å²) in [5.74, 6) is 0. The third-order valence-electron chi connectivity index (χ3n) is 12.6. The highest BCUT2D eigenvalue weighted by molar-refractivity contribution is 7.26. The quantitative estimate of drug-likeness (QED) is 0.152. The number of hydrogen-bond donors (Lipinski definition) is 0. The Morgan fingerprint density at radius 1 is 0.323 bits per heavy atom. The Balaban J connectivity index is 0.974. The summed E-state index contributed by atoms with van der Waals surface area (Å²) in [7, 11) is 0. The minimum absolute atomic E-state index is 0.875. The van der Waals surface area contributed by atoms with Crippen LogP contribution in [0.4, 0.5) is 34.1 Å². The van der Waals surface area contributed by atoms with Crippen molar-refractivity contribution in [2.45, 2.75) is 0 Å². The number of fused-ring (bicyclic) bond motifs is 9. The van der Waals surface area contributed by atoms with Gasteiger partial charge in [0.2, 0.25) is 0 Å². The number of hydrogen-bond acceptors (Lipinski definition) is 6. The molecule has 0 fully saturated rings. The molecule has 306 valence electrons. The van der Waals surface area contributed by atoms with Gasteiger partial charge in [-0.2, -0.15) is 0 Å². The first-order valence-corrected chi connectivity index (χ1v) is 23.4. The fraction of sp³-hybridized carbons (Fsp3) is 0. The molecular formula is C59H37N3OS2. The molecule has 0 saturated heterocycles. The predicted octanol–water partition coefficient (Wildman–Crippen LogP) is 18.0. The highest BCUT2D eigenvalue weighted by atomic mass is 32.1. The van der Waals surface area contributed by atoms with Crippen LogP contribution in [-0.4, -0.2) is 4.98 Å². The molecule has 4 aromatic heterocycles. The Hall–Kier alpha value is -8.03. The average molecular weight is 868 g/mol. The number of rotatable bonds is 8. The normalized spacial score (nSPS) is 11.7. The molecule has 0 amide bonds. The van der Waals surface area contributed by atoms with Crippen molar-refractivity contribution in [1.29, 1.82) is 0 Å². The summed E-state index contributed by atoms with van der Waals surface area (Å²) < 4.78 is 11.3. The van der Waals surface area contributed by atoms with Gasteiger partial charge in [-0.1, -0.05) is 109 Å². The molecule has 0 N–H and O–H groups in total. The van der Waals surface area contributed by atoms with Gasteiger partial charge in [0, 0.05) is 87.2 Å². The molecule has 0 unspecified atom stereocenters. The third kappa shape index (κ3) is 6.45. The van der Waals surface area contributed by atoms with Crippen LogP contribution in [0.25, 0.3) is 84.5 Å². The second-order valence-electron chi connectivity index (χ2n) is 16.4. The van der Waals surface area contributed by atoms with Crippen molar-refractivity contribution in [2.75, 3.05) is 9.80 Å². The first-order chi connectivity index (χ1) is 32.2. The van der Waals surface area contributed by atoms with E-state index >= 15 is 0 Å². The molecule has 13 rings (SSSR count). The Labute approximate surface area is 383 Å². The molecule has 6 heteroatoms. The number of pyridine rings is 1. The number of thiophene rings is 2. The van der Waals surface area contributed by atoms with Gasteiger partial charge in [0.1, 0.15) is 11.2 Å². The van der Waals surface area contributed by atoms with Gasteiger partial charge in [0.05, 0.1) is 10.4 Å². The maximum Gasteiger partial charge on any atom is 0.135 e. The number of anilines is 6. The maximum atomic E-state index is 6.29. The van der Waals surface area contributed by atoms with Gasteiger partial charge in [-0.05, 0) is 125 Å². The summed E-state index contributed by atoms with van der Waals surface area (Å²) >= 11 is 3.71. The van der Waals surface area contributed by atoms with Crippen LogP contribution in [0.3, 0.4) is 0 Å². The molecule has 0 saturated carbocycles. The van der Waals surface area contributed by atoms with Gasteiger partial charge in [-0.25, -0.2) is 0 Å². The molecule has 0 radical (unpaired) electrons. The molecule has 0 aliphatic carbocycles. The molecule has 0 spiro atoms. The lowest BCUT2D eigenvalue weighted by Crippen LogP contribution is -2.10. The monoisotopic (exact) mass is 867 g/mol. The number of benzene rings is 9. The molecular weight excluding hydrogens is 831 g/mol. The summed E-state index contributed by atoms with van der Waals surface area (Å²) in [6, 6.07) is 76.8. The SMILES string of the molecule is c1ccc(-c2ccc(N(c3ccc4c(c3)sc3ccccc34)c3cccc4c3sc3ccc(N(c5ccc(-c6ccncc6)cc5)c5ccc6oc7ccccc7c6c5)cc34)cc2)cc1. The van der Waals surface area contributed by atoms with Gasteiger partial charge in [-0.3, -0.25) is 4.98 Å². The standard InChI is InChI=1S/C59H37N3OS2/c1-2-9-38(10-3-1)39-19-23-43(24-20-39)62(46-25-28-49-48-12-5-7-16-56(48)64-58(49)37-46)53-14-8-13-50-52-36-45(27-30-57(52)65-59(50)53)61(42-21-17-40(18-22-42)41-31-33-60-34-32-41)44-26-29-55-51(35-44)47-11-4-6-15-54(47)63-55/h1-37H. The summed E-state index contributed by atoms with van der Waals surface area (Å²) in [6.45, 7) is 0. The van der Waals surface area contributed by atoms with E-state index in [2.05, 4.69) is 215 Å². The second kappa shape index (κ2) is 15.3. The van der Waals surface area contributed by atoms with Crippen molar-refractivity contribution < 1.29 is 4.42 Å². The van der Waals surface area contributed by atoms with Crippen molar-refractivity contribution in [2.24, 2.45) is 0 Å². The number of nitrogens with zero attached hydrogens (tertiary/aromatic N) is 3. The Morgan fingerprint density at radius 2 is 0.877 bits per heavy atom. The lowest BCUT2D eigenvalue weighted by molar-refractivity contribution is 0.669. The summed E-state index contributed by atoms with van der Waals surface area (Å²) in [6.07, 6.45) is 3.69. The van der Waals surface area contributed by atoms with E-state index in [0.717, 1.165) is 67.2 Å². The van der Waals surface area contributed by atoms with E-state index in [1.165, 1.54) is 51.5 Å². The summed E-state index contributed by atoms with van der Waals surface area (Å²) in [5.41, 5.74) is 13.0. The second-order valence-corrected chi connectivity index (χ2v) is 18.5. The van der Waals surface area contributed by atoms with Crippen LogP contribution in [-0.2, 0) is 0 Å². The van der Waals surface area contributed by atoms with Crippen LogP contribution < -0.4 is 9.80 Å². The highest BCUT2D eigenvalue weighted by Crippen LogP contribution is 2.48. The van der Waals surface area contributed by atoms with E-state index in [9.17, 15) is 0 Å². The molecule has 4 heterocycles. The fourth-order valence-electron chi connectivity index (χ4n) is 9.45. The van der Waals surface area contributed by atoms with Gasteiger partial charge < -0.3 is 14.2 Å². The molecule has 65 heavy (non-hydrogen) atoms. The zero-order valence-electron chi connectivity index (χ0n) is 34.9. The molecule has 13 aromatic rings. The lowest BCUT2D eigenvalue weighted by atomic mass is 10.0. The fourth-order valence-corrected chi connectivity index (χ4v) is 11.8. The van der Waals surface area contributed by atoms with Gasteiger partial charge in [0.15, 0.2) is 0 Å². The van der Waals surface area contributed by atoms with E-state index in [0.29, 0.717) is 0 Å². The molecule has 0 bridgehead atoms. The van der Waals surface area contributed by atoms with E-state index in [4.69, 9.17) is 4.42 Å². The van der Waals surface area contributed by atoms with E-state index in [1.54, 1.807) is 0 Å². The molecule has 4 nitrogen and oxygen atoms in total. The van der Waals surface area contributed by atoms with Crippen LogP contribution in [0, 0.1) is 0 Å². The lowest BCUT2D eigenvalue weighted by Gasteiger charge is -2.26. The number of para-hydroxylation sites is 1. The smallest absolute Gasteiger partial charge is 0.135 e. The van der Waals surface area contributed by atoms with Crippen LogP contribution in [0.1, 0.15) is 0 Å². The minimum atomic E-state index is 0.875. The van der Waals surface area contributed by atoms with Crippen molar-refractivity contribution in [3.63, 3.8) is 0 Å². The molecule has 0 aliphatic heterocycles. The zero-order valence-corrected chi connectivity index (χ0v) is 36.6. The molecule has 0 aliphatic rings. The first kappa shape index (κ1) is 37.5. The van der Waals surface area contributed by atoms with Crippen molar-refractivity contribution in [3.05, 3.63) is 225 Å². The summed E-state index contributed by atoms with van der Waals surface area (Å²) in [5, 5.41) is 7.23. The number of aromatic nitrogens is 1. The highest BCUT2D eigenvalue weighted by Gasteiger charge is 2.22. The number of furan rings is 1. The van der Waals surface area contributed by atoms with Gasteiger partial charge >= 0.3 is 0 Å². The minimum Gasteiger partial charge on any atom is -0.456 e. The molecule has 9 aromatic carbocycles. The van der Waals surface area contributed by atoms with Gasteiger partial charge in [-0.15, -0.1) is 22.7 Å². The van der Waals surface area contributed by atoms with Gasteiger partial charge in [0.25, 0.3) is 0 Å². The Kier molecular flexibility index (Phi) is 8.86. The Bertz CT molecular complexity index is 3890. The molecule has 0 atom stereocenters. The van der Waals surface area contributed by atoms with Crippen LogP contribution in [0.15, 0.2) is 229 Å². The van der Waals surface area contributed by atoms with E-state index < -0.39 is 0 Å². The van der Waals surface area contributed by atoms with E-state index in [-0.39, 0.29) is 0 Å². The predicted molar refractivity (Wildman–Crippen MR) is 278 cm³/mol. The maximum absolute atomic E-state index is 6.29. The Morgan fingerprint density at radius 3 is 1.68 bits per heavy atom.